The Morgan fingerprint density at radius 3 is 2.26 bits per heavy atom. The highest BCUT2D eigenvalue weighted by molar-refractivity contribution is 6.15. The largest absolute Gasteiger partial charge is 0.493 e. The smallest absolute Gasteiger partial charge is 0.256 e. The summed E-state index contributed by atoms with van der Waals surface area (Å²) >= 11 is 0. The number of likely N-dealkylation sites (tertiary alicyclic amines) is 1. The number of rotatable bonds is 6. The van der Waals surface area contributed by atoms with Crippen molar-refractivity contribution in [3.63, 3.8) is 0 Å². The van der Waals surface area contributed by atoms with Gasteiger partial charge >= 0.3 is 0 Å². The first-order valence-electron chi connectivity index (χ1n) is 12.1. The van der Waals surface area contributed by atoms with Crippen LogP contribution in [0.25, 0.3) is 0 Å². The van der Waals surface area contributed by atoms with E-state index < -0.39 is 11.8 Å². The van der Waals surface area contributed by atoms with Crippen LogP contribution in [0.3, 0.4) is 0 Å². The number of amides is 3. The van der Waals surface area contributed by atoms with E-state index in [4.69, 9.17) is 9.47 Å². The Hall–Kier alpha value is -3.55. The summed E-state index contributed by atoms with van der Waals surface area (Å²) in [6.45, 7) is 5.83. The molecule has 2 heterocycles. The van der Waals surface area contributed by atoms with Crippen molar-refractivity contribution in [1.82, 2.24) is 4.90 Å². The first-order chi connectivity index (χ1) is 16.8. The number of aryl methyl sites for hydroxylation is 2. The van der Waals surface area contributed by atoms with Crippen molar-refractivity contribution < 1.29 is 23.9 Å². The maximum absolute atomic E-state index is 13.4. The average molecular weight is 480 g/mol. The van der Waals surface area contributed by atoms with Crippen LogP contribution in [-0.4, -0.2) is 56.5 Å². The molecule has 8 nitrogen and oxygen atoms in total. The number of piperidine rings is 1. The van der Waals surface area contributed by atoms with E-state index in [-0.39, 0.29) is 11.8 Å². The van der Waals surface area contributed by atoms with Crippen molar-refractivity contribution in [3.8, 4) is 11.5 Å². The van der Waals surface area contributed by atoms with Gasteiger partial charge in [-0.05, 0) is 68.9 Å². The van der Waals surface area contributed by atoms with E-state index in [0.29, 0.717) is 48.8 Å². The number of carbonyl (C=O) groups excluding carboxylic acids is 3. The summed E-state index contributed by atoms with van der Waals surface area (Å²) in [5.41, 5.74) is 3.68. The first-order valence-corrected chi connectivity index (χ1v) is 12.1. The number of anilines is 2. The summed E-state index contributed by atoms with van der Waals surface area (Å²) in [6, 6.07) is 9.05. The van der Waals surface area contributed by atoms with Gasteiger partial charge in [-0.1, -0.05) is 6.07 Å². The van der Waals surface area contributed by atoms with Gasteiger partial charge in [0.05, 0.1) is 25.5 Å². The molecule has 2 aromatic carbocycles. The average Bonchev–Trinajstić information content (AvgIpc) is 3.26. The van der Waals surface area contributed by atoms with Crippen molar-refractivity contribution >= 4 is 29.1 Å². The fourth-order valence-corrected chi connectivity index (χ4v) is 4.72. The Morgan fingerprint density at radius 1 is 0.914 bits per heavy atom. The summed E-state index contributed by atoms with van der Waals surface area (Å²) in [4.78, 5) is 43.2. The normalized spacial score (nSPS) is 17.9. The molecule has 0 saturated carbocycles. The molecule has 4 rings (SSSR count). The second-order valence-corrected chi connectivity index (χ2v) is 9.19. The van der Waals surface area contributed by atoms with Gasteiger partial charge in [0.25, 0.3) is 5.91 Å². The number of hydrogen-bond donors (Lipinski definition) is 1. The van der Waals surface area contributed by atoms with Crippen molar-refractivity contribution in [3.05, 3.63) is 47.0 Å². The molecular weight excluding hydrogens is 446 g/mol. The predicted molar refractivity (Wildman–Crippen MR) is 134 cm³/mol. The van der Waals surface area contributed by atoms with E-state index in [2.05, 4.69) is 5.32 Å². The monoisotopic (exact) mass is 479 g/mol. The zero-order valence-electron chi connectivity index (χ0n) is 20.8. The second kappa shape index (κ2) is 10.4. The SMILES string of the molecule is COc1cc(NC(=O)C2CCN(c3ccc(C)c(C)c3)C2=O)c(C(=O)N2CCCCC2)cc1OC. The van der Waals surface area contributed by atoms with Gasteiger partial charge in [-0.25, -0.2) is 0 Å². The molecular formula is C27H33N3O5. The summed E-state index contributed by atoms with van der Waals surface area (Å²) < 4.78 is 10.8. The number of methoxy groups -OCH3 is 2. The Kier molecular flexibility index (Phi) is 7.28. The number of nitrogens with one attached hydrogen (secondary N) is 1. The number of ether oxygens (including phenoxy) is 2. The standard InChI is InChI=1S/C27H33N3O5/c1-17-8-9-19(14-18(17)2)30-13-10-20(27(30)33)25(31)28-22-16-24(35-4)23(34-3)15-21(22)26(32)29-11-6-5-7-12-29/h8-9,14-16,20H,5-7,10-13H2,1-4H3,(H,28,31). The lowest BCUT2D eigenvalue weighted by Gasteiger charge is -2.28. The lowest BCUT2D eigenvalue weighted by atomic mass is 10.0. The van der Waals surface area contributed by atoms with E-state index in [1.807, 2.05) is 32.0 Å². The highest BCUT2D eigenvalue weighted by Crippen LogP contribution is 2.35. The summed E-state index contributed by atoms with van der Waals surface area (Å²) in [6.07, 6.45) is 3.40. The topological polar surface area (TPSA) is 88.2 Å². The van der Waals surface area contributed by atoms with E-state index in [1.54, 1.807) is 21.9 Å². The molecule has 0 bridgehead atoms. The zero-order chi connectivity index (χ0) is 25.1. The van der Waals surface area contributed by atoms with Gasteiger partial charge in [0, 0.05) is 31.4 Å². The van der Waals surface area contributed by atoms with Crippen molar-refractivity contribution in [2.24, 2.45) is 5.92 Å². The molecule has 0 aromatic heterocycles. The Balaban J connectivity index is 1.58. The van der Waals surface area contributed by atoms with Crippen LogP contribution in [0.15, 0.2) is 30.3 Å². The fourth-order valence-electron chi connectivity index (χ4n) is 4.72. The van der Waals surface area contributed by atoms with Crippen molar-refractivity contribution in [1.29, 1.82) is 0 Å². The highest BCUT2D eigenvalue weighted by Gasteiger charge is 2.38. The zero-order valence-corrected chi connectivity index (χ0v) is 20.8. The van der Waals surface area contributed by atoms with E-state index >= 15 is 0 Å². The van der Waals surface area contributed by atoms with E-state index in [1.165, 1.54) is 14.2 Å². The number of carbonyl (C=O) groups is 3. The molecule has 35 heavy (non-hydrogen) atoms. The van der Waals surface area contributed by atoms with Crippen molar-refractivity contribution in [2.45, 2.75) is 39.5 Å². The maximum atomic E-state index is 13.4. The van der Waals surface area contributed by atoms with Crippen LogP contribution in [0.4, 0.5) is 11.4 Å². The van der Waals surface area contributed by atoms with Crippen LogP contribution in [0, 0.1) is 19.8 Å². The van der Waals surface area contributed by atoms with Gasteiger partial charge < -0.3 is 24.6 Å². The van der Waals surface area contributed by atoms with Gasteiger partial charge in [0.15, 0.2) is 11.5 Å². The Morgan fingerprint density at radius 2 is 1.60 bits per heavy atom. The van der Waals surface area contributed by atoms with Crippen LogP contribution in [-0.2, 0) is 9.59 Å². The summed E-state index contributed by atoms with van der Waals surface area (Å²) in [7, 11) is 3.00. The molecule has 0 aliphatic carbocycles. The second-order valence-electron chi connectivity index (χ2n) is 9.19. The van der Waals surface area contributed by atoms with E-state index in [9.17, 15) is 14.4 Å². The fraction of sp³-hybridized carbons (Fsp3) is 0.444. The third-order valence-corrected chi connectivity index (χ3v) is 6.98. The van der Waals surface area contributed by atoms with Crippen LogP contribution in [0.2, 0.25) is 0 Å². The number of nitrogens with zero attached hydrogens (tertiary/aromatic N) is 2. The van der Waals surface area contributed by atoms with Gasteiger partial charge in [0.1, 0.15) is 5.92 Å². The highest BCUT2D eigenvalue weighted by atomic mass is 16.5. The minimum Gasteiger partial charge on any atom is -0.493 e. The van der Waals surface area contributed by atoms with Crippen LogP contribution >= 0.6 is 0 Å². The molecule has 3 amide bonds. The lowest BCUT2D eigenvalue weighted by molar-refractivity contribution is -0.129. The van der Waals surface area contributed by atoms with Gasteiger partial charge in [-0.3, -0.25) is 14.4 Å². The van der Waals surface area contributed by atoms with E-state index in [0.717, 1.165) is 36.1 Å². The lowest BCUT2D eigenvalue weighted by Crippen LogP contribution is -2.37. The Labute approximate surface area is 206 Å². The van der Waals surface area contributed by atoms with Crippen LogP contribution < -0.4 is 19.7 Å². The number of hydrogen-bond acceptors (Lipinski definition) is 5. The molecule has 0 radical (unpaired) electrons. The molecule has 2 aliphatic heterocycles. The van der Waals surface area contributed by atoms with Gasteiger partial charge in [0.2, 0.25) is 11.8 Å². The van der Waals surface area contributed by atoms with Crippen LogP contribution in [0.1, 0.15) is 47.2 Å². The minimum absolute atomic E-state index is 0.171. The first kappa shape index (κ1) is 24.6. The molecule has 2 saturated heterocycles. The van der Waals surface area contributed by atoms with Gasteiger partial charge in [-0.2, -0.15) is 0 Å². The summed E-state index contributed by atoms with van der Waals surface area (Å²) in [5, 5.41) is 2.85. The molecule has 2 aromatic rings. The quantitative estimate of drug-likeness (QED) is 0.634. The maximum Gasteiger partial charge on any atom is 0.256 e. The number of benzene rings is 2. The molecule has 8 heteroatoms. The molecule has 186 valence electrons. The van der Waals surface area contributed by atoms with Crippen LogP contribution in [0.5, 0.6) is 11.5 Å². The third kappa shape index (κ3) is 4.97. The predicted octanol–water partition coefficient (Wildman–Crippen LogP) is 3.94. The van der Waals surface area contributed by atoms with Crippen molar-refractivity contribution in [2.75, 3.05) is 44.1 Å². The Bertz CT molecular complexity index is 1140. The molecule has 1 N–H and O–H groups in total. The molecule has 1 atom stereocenters. The molecule has 0 spiro atoms. The summed E-state index contributed by atoms with van der Waals surface area (Å²) in [5.74, 6) is -0.870. The molecule has 1 unspecified atom stereocenters. The molecule has 2 fully saturated rings. The molecule has 2 aliphatic rings. The third-order valence-electron chi connectivity index (χ3n) is 6.98. The van der Waals surface area contributed by atoms with Gasteiger partial charge in [-0.15, -0.1) is 0 Å². The minimum atomic E-state index is -0.831.